The number of carbonyl (C=O) groups is 1. The summed E-state index contributed by atoms with van der Waals surface area (Å²) in [7, 11) is 1.60. The molecule has 6 heteroatoms. The minimum Gasteiger partial charge on any atom is -0.489 e. The van der Waals surface area contributed by atoms with Gasteiger partial charge in [-0.3, -0.25) is 4.79 Å². The average Bonchev–Trinajstić information content (AvgIpc) is 2.66. The molecule has 2 aromatic carbocycles. The number of nitrogens with one attached hydrogen (secondary N) is 1. The molecule has 0 spiro atoms. The van der Waals surface area contributed by atoms with Crippen LogP contribution in [0.15, 0.2) is 54.6 Å². The number of methoxy groups -OCH3 is 1. The first-order chi connectivity index (χ1) is 12.7. The van der Waals surface area contributed by atoms with Gasteiger partial charge >= 0.3 is 0 Å². The number of anilines is 1. The fourth-order valence-corrected chi connectivity index (χ4v) is 2.49. The van der Waals surface area contributed by atoms with Crippen LogP contribution in [0.2, 0.25) is 0 Å². The summed E-state index contributed by atoms with van der Waals surface area (Å²) in [4.78, 5) is 16.3. The number of amides is 1. The molecule has 0 aliphatic heterocycles. The summed E-state index contributed by atoms with van der Waals surface area (Å²) < 4.78 is 24.4. The molecule has 1 N–H and O–H groups in total. The fraction of sp³-hybridized carbons (Fsp3) is 0.200. The molecule has 0 saturated carbocycles. The molecule has 134 valence electrons. The lowest BCUT2D eigenvalue weighted by Gasteiger charge is -2.09. The highest BCUT2D eigenvalue weighted by atomic mass is 19.1. The predicted molar refractivity (Wildman–Crippen MR) is 98.1 cm³/mol. The van der Waals surface area contributed by atoms with Crippen molar-refractivity contribution in [2.75, 3.05) is 25.6 Å². The maximum absolute atomic E-state index is 14.0. The lowest BCUT2D eigenvalue weighted by Crippen LogP contribution is -2.11. The lowest BCUT2D eigenvalue weighted by molar-refractivity contribution is 0.102. The predicted octanol–water partition coefficient (Wildman–Crippen LogP) is 4.04. The number of ether oxygens (including phenoxy) is 2. The second-order valence-corrected chi connectivity index (χ2v) is 5.70. The van der Waals surface area contributed by atoms with Gasteiger partial charge < -0.3 is 14.8 Å². The van der Waals surface area contributed by atoms with Gasteiger partial charge in [-0.1, -0.05) is 18.2 Å². The van der Waals surface area contributed by atoms with E-state index in [0.29, 0.717) is 41.8 Å². The van der Waals surface area contributed by atoms with Crippen molar-refractivity contribution < 1.29 is 18.7 Å². The number of benzene rings is 2. The standard InChI is InChI=1S/C20H19FN2O3/c1-25-10-5-11-26-18-13-15-12-14(8-9-17(15)23-19(18)21)20(24)22-16-6-3-2-4-7-16/h2-4,6-9,12-13H,5,10-11H2,1H3,(H,22,24). The Balaban J connectivity index is 1.80. The molecule has 3 rings (SSSR count). The molecule has 1 amide bonds. The lowest BCUT2D eigenvalue weighted by atomic mass is 10.1. The van der Waals surface area contributed by atoms with Crippen LogP contribution in [-0.2, 0) is 4.74 Å². The number of carbonyl (C=O) groups excluding carboxylic acids is 1. The van der Waals surface area contributed by atoms with E-state index < -0.39 is 5.95 Å². The number of rotatable bonds is 7. The Hall–Kier alpha value is -2.99. The first kappa shape index (κ1) is 17.8. The topological polar surface area (TPSA) is 60.5 Å². The van der Waals surface area contributed by atoms with Crippen molar-refractivity contribution in [1.29, 1.82) is 0 Å². The van der Waals surface area contributed by atoms with E-state index in [0.717, 1.165) is 0 Å². The Kier molecular flexibility index (Phi) is 5.76. The number of halogens is 1. The Morgan fingerprint density at radius 1 is 1.12 bits per heavy atom. The number of aromatic nitrogens is 1. The molecule has 0 aliphatic rings. The summed E-state index contributed by atoms with van der Waals surface area (Å²) in [5.41, 5.74) is 1.63. The highest BCUT2D eigenvalue weighted by Gasteiger charge is 2.11. The number of hydrogen-bond donors (Lipinski definition) is 1. The molecule has 26 heavy (non-hydrogen) atoms. The fourth-order valence-electron chi connectivity index (χ4n) is 2.49. The molecule has 3 aromatic rings. The van der Waals surface area contributed by atoms with E-state index in [2.05, 4.69) is 10.3 Å². The van der Waals surface area contributed by atoms with E-state index in [1.165, 1.54) is 0 Å². The molecule has 0 bridgehead atoms. The monoisotopic (exact) mass is 354 g/mol. The summed E-state index contributed by atoms with van der Waals surface area (Å²) in [6.45, 7) is 0.860. The van der Waals surface area contributed by atoms with Gasteiger partial charge in [0.25, 0.3) is 11.9 Å². The Bertz CT molecular complexity index is 900. The van der Waals surface area contributed by atoms with Gasteiger partial charge in [-0.05, 0) is 36.4 Å². The third kappa shape index (κ3) is 4.34. The number of nitrogens with zero attached hydrogens (tertiary/aromatic N) is 1. The molecule has 0 radical (unpaired) electrons. The van der Waals surface area contributed by atoms with Gasteiger partial charge in [-0.15, -0.1) is 0 Å². The minimum absolute atomic E-state index is 0.0641. The highest BCUT2D eigenvalue weighted by molar-refractivity contribution is 6.06. The smallest absolute Gasteiger partial charge is 0.255 e. The van der Waals surface area contributed by atoms with Crippen molar-refractivity contribution in [3.8, 4) is 5.75 Å². The Labute approximate surface area is 150 Å². The average molecular weight is 354 g/mol. The van der Waals surface area contributed by atoms with Crippen LogP contribution in [-0.4, -0.2) is 31.2 Å². The summed E-state index contributed by atoms with van der Waals surface area (Å²) in [5, 5.41) is 3.45. The molecule has 0 aliphatic carbocycles. The third-order valence-electron chi connectivity index (χ3n) is 3.78. The Morgan fingerprint density at radius 2 is 1.92 bits per heavy atom. The second-order valence-electron chi connectivity index (χ2n) is 5.70. The molecule has 1 aromatic heterocycles. The number of para-hydroxylation sites is 1. The van der Waals surface area contributed by atoms with Gasteiger partial charge in [-0.2, -0.15) is 4.39 Å². The van der Waals surface area contributed by atoms with Crippen molar-refractivity contribution in [1.82, 2.24) is 4.98 Å². The van der Waals surface area contributed by atoms with Crippen LogP contribution < -0.4 is 10.1 Å². The Morgan fingerprint density at radius 3 is 2.69 bits per heavy atom. The quantitative estimate of drug-likeness (QED) is 0.514. The zero-order valence-corrected chi connectivity index (χ0v) is 14.4. The number of fused-ring (bicyclic) bond motifs is 1. The normalized spacial score (nSPS) is 10.7. The van der Waals surface area contributed by atoms with Crippen LogP contribution in [0.3, 0.4) is 0 Å². The molecule has 0 fully saturated rings. The van der Waals surface area contributed by atoms with Crippen molar-refractivity contribution in [3.63, 3.8) is 0 Å². The van der Waals surface area contributed by atoms with Crippen LogP contribution in [0.5, 0.6) is 5.75 Å². The summed E-state index contributed by atoms with van der Waals surface area (Å²) >= 11 is 0. The van der Waals surface area contributed by atoms with E-state index in [9.17, 15) is 9.18 Å². The summed E-state index contributed by atoms with van der Waals surface area (Å²) in [6, 6.07) is 15.6. The first-order valence-corrected chi connectivity index (χ1v) is 8.26. The SMILES string of the molecule is COCCCOc1cc2cc(C(=O)Nc3ccccc3)ccc2nc1F. The first-order valence-electron chi connectivity index (χ1n) is 8.26. The molecule has 5 nitrogen and oxygen atoms in total. The van der Waals surface area contributed by atoms with Crippen LogP contribution in [0.4, 0.5) is 10.1 Å². The molecule has 0 unspecified atom stereocenters. The zero-order valence-electron chi connectivity index (χ0n) is 14.4. The van der Waals surface area contributed by atoms with Crippen molar-refractivity contribution in [2.24, 2.45) is 0 Å². The molecular weight excluding hydrogens is 335 g/mol. The van der Waals surface area contributed by atoms with E-state index in [1.54, 1.807) is 31.4 Å². The largest absolute Gasteiger partial charge is 0.489 e. The minimum atomic E-state index is -0.670. The van der Waals surface area contributed by atoms with Crippen LogP contribution >= 0.6 is 0 Å². The molecule has 1 heterocycles. The van der Waals surface area contributed by atoms with Crippen LogP contribution in [0, 0.1) is 5.95 Å². The third-order valence-corrected chi connectivity index (χ3v) is 3.78. The van der Waals surface area contributed by atoms with Crippen molar-refractivity contribution >= 4 is 22.5 Å². The van der Waals surface area contributed by atoms with E-state index >= 15 is 0 Å². The zero-order chi connectivity index (χ0) is 18.4. The van der Waals surface area contributed by atoms with E-state index in [1.807, 2.05) is 30.3 Å². The molecular formula is C20H19FN2O3. The maximum Gasteiger partial charge on any atom is 0.255 e. The maximum atomic E-state index is 14.0. The molecule has 0 atom stereocenters. The van der Waals surface area contributed by atoms with Gasteiger partial charge in [0.2, 0.25) is 0 Å². The van der Waals surface area contributed by atoms with Gasteiger partial charge in [0.05, 0.1) is 12.1 Å². The number of hydrogen-bond acceptors (Lipinski definition) is 4. The van der Waals surface area contributed by atoms with Gasteiger partial charge in [0.15, 0.2) is 5.75 Å². The highest BCUT2D eigenvalue weighted by Crippen LogP contribution is 2.23. The van der Waals surface area contributed by atoms with Gasteiger partial charge in [-0.25, -0.2) is 4.98 Å². The van der Waals surface area contributed by atoms with Crippen LogP contribution in [0.1, 0.15) is 16.8 Å². The van der Waals surface area contributed by atoms with Crippen molar-refractivity contribution in [3.05, 3.63) is 66.1 Å². The van der Waals surface area contributed by atoms with Crippen molar-refractivity contribution in [2.45, 2.75) is 6.42 Å². The summed E-state index contributed by atoms with van der Waals surface area (Å²) in [6.07, 6.45) is 0.646. The van der Waals surface area contributed by atoms with Gasteiger partial charge in [0.1, 0.15) is 0 Å². The van der Waals surface area contributed by atoms with Gasteiger partial charge in [0, 0.05) is 36.8 Å². The second kappa shape index (κ2) is 8.40. The number of pyridine rings is 1. The van der Waals surface area contributed by atoms with Crippen LogP contribution in [0.25, 0.3) is 10.9 Å². The van der Waals surface area contributed by atoms with E-state index in [4.69, 9.17) is 9.47 Å². The van der Waals surface area contributed by atoms with E-state index in [-0.39, 0.29) is 11.7 Å². The molecule has 0 saturated heterocycles. The summed E-state index contributed by atoms with van der Waals surface area (Å²) in [5.74, 6) is -0.851.